The van der Waals surface area contributed by atoms with Crippen LogP contribution in [0.15, 0.2) is 53.4 Å². The number of fused-ring (bicyclic) bond motifs is 1. The van der Waals surface area contributed by atoms with Crippen molar-refractivity contribution >= 4 is 15.9 Å². The van der Waals surface area contributed by atoms with Gasteiger partial charge in [-0.3, -0.25) is 4.79 Å². The van der Waals surface area contributed by atoms with Gasteiger partial charge in [-0.05, 0) is 37.1 Å². The number of para-hydroxylation sites is 2. The van der Waals surface area contributed by atoms with Crippen LogP contribution in [0.3, 0.4) is 0 Å². The predicted molar refractivity (Wildman–Crippen MR) is 109 cm³/mol. The van der Waals surface area contributed by atoms with E-state index in [0.29, 0.717) is 18.1 Å². The zero-order chi connectivity index (χ0) is 21.0. The number of ether oxygens (including phenoxy) is 2. The quantitative estimate of drug-likeness (QED) is 0.719. The molecule has 1 aliphatic heterocycles. The van der Waals surface area contributed by atoms with Crippen molar-refractivity contribution in [1.82, 2.24) is 10.0 Å². The first-order chi connectivity index (χ1) is 13.8. The summed E-state index contributed by atoms with van der Waals surface area (Å²) in [6.07, 6.45) is -0.352. The lowest BCUT2D eigenvalue weighted by Crippen LogP contribution is -2.52. The van der Waals surface area contributed by atoms with Gasteiger partial charge in [0.1, 0.15) is 18.8 Å². The van der Waals surface area contributed by atoms with Crippen LogP contribution in [0.4, 0.5) is 0 Å². The lowest BCUT2D eigenvalue weighted by atomic mass is 10.1. The van der Waals surface area contributed by atoms with E-state index in [1.54, 1.807) is 32.0 Å². The Hall–Kier alpha value is -2.58. The first kappa shape index (κ1) is 21.1. The predicted octanol–water partition coefficient (Wildman–Crippen LogP) is 2.25. The average molecular weight is 419 g/mol. The van der Waals surface area contributed by atoms with Crippen LogP contribution in [0.25, 0.3) is 0 Å². The van der Waals surface area contributed by atoms with Crippen molar-refractivity contribution in [2.45, 2.75) is 37.8 Å². The largest absolute Gasteiger partial charge is 0.486 e. The molecule has 1 unspecified atom stereocenters. The summed E-state index contributed by atoms with van der Waals surface area (Å²) in [6.45, 7) is 5.97. The summed E-state index contributed by atoms with van der Waals surface area (Å²) in [7, 11) is -3.82. The fraction of sp³-hybridized carbons (Fsp3) is 0.381. The van der Waals surface area contributed by atoms with E-state index in [4.69, 9.17) is 9.47 Å². The molecule has 8 heteroatoms. The van der Waals surface area contributed by atoms with Crippen molar-refractivity contribution in [3.63, 3.8) is 0 Å². The van der Waals surface area contributed by atoms with Crippen LogP contribution in [-0.4, -0.2) is 39.6 Å². The highest BCUT2D eigenvalue weighted by Crippen LogP contribution is 2.30. The average Bonchev–Trinajstić information content (AvgIpc) is 2.70. The molecule has 1 heterocycles. The van der Waals surface area contributed by atoms with E-state index in [1.807, 2.05) is 25.1 Å². The molecule has 0 bridgehead atoms. The molecular formula is C21H26N2O5S. The smallest absolute Gasteiger partial charge is 0.241 e. The van der Waals surface area contributed by atoms with Crippen molar-refractivity contribution in [2.24, 2.45) is 5.92 Å². The van der Waals surface area contributed by atoms with Crippen molar-refractivity contribution in [2.75, 3.05) is 13.2 Å². The van der Waals surface area contributed by atoms with Gasteiger partial charge in [0.25, 0.3) is 0 Å². The maximum absolute atomic E-state index is 12.7. The Morgan fingerprint density at radius 3 is 2.41 bits per heavy atom. The lowest BCUT2D eigenvalue weighted by molar-refractivity contribution is -0.124. The van der Waals surface area contributed by atoms with Crippen LogP contribution in [0, 0.1) is 12.8 Å². The number of sulfonamides is 1. The number of nitrogens with one attached hydrogen (secondary N) is 2. The Kier molecular flexibility index (Phi) is 6.44. The normalized spacial score (nSPS) is 17.0. The molecule has 0 saturated heterocycles. The molecule has 7 nitrogen and oxygen atoms in total. The third-order valence-electron chi connectivity index (χ3n) is 4.63. The number of rotatable bonds is 7. The minimum atomic E-state index is -3.82. The number of hydrogen-bond acceptors (Lipinski definition) is 5. The molecule has 156 valence electrons. The molecule has 0 radical (unpaired) electrons. The molecule has 0 aliphatic carbocycles. The van der Waals surface area contributed by atoms with Gasteiger partial charge in [0.05, 0.1) is 11.4 Å². The number of carbonyl (C=O) groups is 1. The molecule has 2 N–H and O–H groups in total. The molecule has 2 aromatic rings. The second kappa shape index (κ2) is 8.84. The van der Waals surface area contributed by atoms with Gasteiger partial charge in [0.15, 0.2) is 11.5 Å². The molecule has 0 aromatic heterocycles. The topological polar surface area (TPSA) is 93.7 Å². The standard InChI is InChI=1S/C21H26N2O5S/c1-14(2)20(23-29(25,26)17-10-8-15(3)9-11-17)21(24)22-12-16-13-27-18-6-4-5-7-19(18)28-16/h4-11,14,16,20,23H,12-13H2,1-3H3,(H,22,24)/t16?,20-/m0/s1. The van der Waals surface area contributed by atoms with Crippen LogP contribution < -0.4 is 19.5 Å². The van der Waals surface area contributed by atoms with Crippen molar-refractivity contribution in [3.8, 4) is 11.5 Å². The molecule has 1 amide bonds. The van der Waals surface area contributed by atoms with Crippen LogP contribution in [-0.2, 0) is 14.8 Å². The summed E-state index contributed by atoms with van der Waals surface area (Å²) in [4.78, 5) is 12.8. The fourth-order valence-corrected chi connectivity index (χ4v) is 4.28. The zero-order valence-corrected chi connectivity index (χ0v) is 17.5. The first-order valence-electron chi connectivity index (χ1n) is 9.51. The third-order valence-corrected chi connectivity index (χ3v) is 6.09. The van der Waals surface area contributed by atoms with Gasteiger partial charge in [-0.2, -0.15) is 4.72 Å². The van der Waals surface area contributed by atoms with Crippen LogP contribution in [0.2, 0.25) is 0 Å². The second-order valence-corrected chi connectivity index (χ2v) is 9.11. The van der Waals surface area contributed by atoms with Crippen LogP contribution in [0.1, 0.15) is 19.4 Å². The second-order valence-electron chi connectivity index (χ2n) is 7.40. The lowest BCUT2D eigenvalue weighted by Gasteiger charge is -2.28. The molecule has 2 atom stereocenters. The maximum atomic E-state index is 12.7. The van der Waals surface area contributed by atoms with Gasteiger partial charge >= 0.3 is 0 Å². The Labute approximate surface area is 171 Å². The van der Waals surface area contributed by atoms with Gasteiger partial charge in [0.2, 0.25) is 15.9 Å². The number of benzene rings is 2. The van der Waals surface area contributed by atoms with E-state index in [2.05, 4.69) is 10.0 Å². The molecule has 1 aliphatic rings. The highest BCUT2D eigenvalue weighted by atomic mass is 32.2. The van der Waals surface area contributed by atoms with E-state index in [0.717, 1.165) is 5.56 Å². The zero-order valence-electron chi connectivity index (χ0n) is 16.7. The Balaban J connectivity index is 1.62. The van der Waals surface area contributed by atoms with Gasteiger partial charge < -0.3 is 14.8 Å². The van der Waals surface area contributed by atoms with Crippen molar-refractivity contribution in [3.05, 3.63) is 54.1 Å². The molecular weight excluding hydrogens is 392 g/mol. The number of aryl methyl sites for hydroxylation is 1. The number of amides is 1. The van der Waals surface area contributed by atoms with Gasteiger partial charge in [-0.1, -0.05) is 43.7 Å². The Bertz CT molecular complexity index is 957. The van der Waals surface area contributed by atoms with E-state index < -0.39 is 22.0 Å². The Morgan fingerprint density at radius 2 is 1.76 bits per heavy atom. The van der Waals surface area contributed by atoms with Gasteiger partial charge in [-0.15, -0.1) is 0 Å². The highest BCUT2D eigenvalue weighted by Gasteiger charge is 2.29. The van der Waals surface area contributed by atoms with Gasteiger partial charge in [0, 0.05) is 0 Å². The highest BCUT2D eigenvalue weighted by molar-refractivity contribution is 7.89. The summed E-state index contributed by atoms with van der Waals surface area (Å²) in [6, 6.07) is 12.9. The summed E-state index contributed by atoms with van der Waals surface area (Å²) in [5.41, 5.74) is 0.957. The molecule has 3 rings (SSSR count). The molecule has 29 heavy (non-hydrogen) atoms. The van der Waals surface area contributed by atoms with E-state index in [9.17, 15) is 13.2 Å². The number of hydrogen-bond donors (Lipinski definition) is 2. The SMILES string of the molecule is Cc1ccc(S(=O)(=O)N[C@H](C(=O)NCC2COc3ccccc3O2)C(C)C)cc1. The minimum absolute atomic E-state index is 0.127. The van der Waals surface area contributed by atoms with Crippen LogP contribution in [0.5, 0.6) is 11.5 Å². The van der Waals surface area contributed by atoms with E-state index in [1.165, 1.54) is 12.1 Å². The van der Waals surface area contributed by atoms with E-state index >= 15 is 0 Å². The molecule has 0 saturated carbocycles. The summed E-state index contributed by atoms with van der Waals surface area (Å²) >= 11 is 0. The molecule has 0 fully saturated rings. The van der Waals surface area contributed by atoms with Crippen LogP contribution >= 0.6 is 0 Å². The third kappa shape index (κ3) is 5.27. The van der Waals surface area contributed by atoms with Gasteiger partial charge in [-0.25, -0.2) is 8.42 Å². The maximum Gasteiger partial charge on any atom is 0.241 e. The monoisotopic (exact) mass is 418 g/mol. The van der Waals surface area contributed by atoms with Crippen molar-refractivity contribution < 1.29 is 22.7 Å². The fourth-order valence-electron chi connectivity index (χ4n) is 2.93. The Morgan fingerprint density at radius 1 is 1.10 bits per heavy atom. The number of carbonyl (C=O) groups excluding carboxylic acids is 1. The first-order valence-corrected chi connectivity index (χ1v) is 11.0. The molecule has 2 aromatic carbocycles. The summed E-state index contributed by atoms with van der Waals surface area (Å²) in [5, 5.41) is 2.78. The van der Waals surface area contributed by atoms with Crippen molar-refractivity contribution in [1.29, 1.82) is 0 Å². The summed E-state index contributed by atoms with van der Waals surface area (Å²) in [5.74, 6) is 0.650. The van der Waals surface area contributed by atoms with E-state index in [-0.39, 0.29) is 23.5 Å². The minimum Gasteiger partial charge on any atom is -0.486 e. The summed E-state index contributed by atoms with van der Waals surface area (Å²) < 4.78 is 39.3. The molecule has 0 spiro atoms.